The second kappa shape index (κ2) is 6.45. The Hall–Kier alpha value is -1.59. The summed E-state index contributed by atoms with van der Waals surface area (Å²) < 4.78 is 53.5. The lowest BCUT2D eigenvalue weighted by Crippen LogP contribution is -2.24. The molecular weight excluding hydrogens is 306 g/mol. The van der Waals surface area contributed by atoms with Crippen LogP contribution in [0.4, 0.5) is 17.6 Å². The number of hydrogen-bond donors (Lipinski definition) is 1. The van der Waals surface area contributed by atoms with E-state index < -0.39 is 29.3 Å². The molecule has 0 aliphatic rings. The molecule has 1 unspecified atom stereocenters. The van der Waals surface area contributed by atoms with E-state index in [1.807, 2.05) is 0 Å². The summed E-state index contributed by atoms with van der Waals surface area (Å²) in [6.45, 7) is 2.19. The van der Waals surface area contributed by atoms with Crippen molar-refractivity contribution in [2.24, 2.45) is 0 Å². The van der Waals surface area contributed by atoms with Gasteiger partial charge < -0.3 is 5.32 Å². The predicted molar refractivity (Wildman–Crippen MR) is 73.2 cm³/mol. The largest absolute Gasteiger partial charge is 0.306 e. The maximum Gasteiger partial charge on any atom is 0.194 e. The summed E-state index contributed by atoms with van der Waals surface area (Å²) in [6, 6.07) is 4.81. The molecule has 1 nitrogen and oxygen atoms in total. The molecule has 21 heavy (non-hydrogen) atoms. The van der Waals surface area contributed by atoms with Crippen molar-refractivity contribution in [3.05, 3.63) is 69.8 Å². The number of rotatable bonds is 4. The van der Waals surface area contributed by atoms with Crippen LogP contribution in [-0.4, -0.2) is 6.54 Å². The van der Waals surface area contributed by atoms with Gasteiger partial charge in [0.2, 0.25) is 0 Å². The van der Waals surface area contributed by atoms with Crippen LogP contribution in [0.3, 0.4) is 0 Å². The fourth-order valence-corrected chi connectivity index (χ4v) is 2.37. The zero-order valence-electron chi connectivity index (χ0n) is 11.1. The SMILES string of the molecule is CCNC(c1ccc(F)cc1Cl)c1ccc(F)c(F)c1F. The van der Waals surface area contributed by atoms with Crippen LogP contribution in [0.25, 0.3) is 0 Å². The molecule has 0 bridgehead atoms. The van der Waals surface area contributed by atoms with Crippen LogP contribution in [0, 0.1) is 23.3 Å². The highest BCUT2D eigenvalue weighted by Gasteiger charge is 2.23. The second-order valence-electron chi connectivity index (χ2n) is 4.42. The van der Waals surface area contributed by atoms with Crippen LogP contribution in [0.15, 0.2) is 30.3 Å². The van der Waals surface area contributed by atoms with Gasteiger partial charge in [-0.15, -0.1) is 0 Å². The summed E-state index contributed by atoms with van der Waals surface area (Å²) in [5.74, 6) is -4.64. The smallest absolute Gasteiger partial charge is 0.194 e. The van der Waals surface area contributed by atoms with Gasteiger partial charge in [0.15, 0.2) is 17.5 Å². The third-order valence-corrected chi connectivity index (χ3v) is 3.39. The van der Waals surface area contributed by atoms with Crippen molar-refractivity contribution >= 4 is 11.6 Å². The minimum atomic E-state index is -1.55. The van der Waals surface area contributed by atoms with Crippen LogP contribution in [0.1, 0.15) is 24.1 Å². The Bertz CT molecular complexity index is 660. The minimum Gasteiger partial charge on any atom is -0.306 e. The Morgan fingerprint density at radius 3 is 2.29 bits per heavy atom. The maximum absolute atomic E-state index is 14.0. The average Bonchev–Trinajstić information content (AvgIpc) is 2.44. The Morgan fingerprint density at radius 1 is 1.00 bits per heavy atom. The summed E-state index contributed by atoms with van der Waals surface area (Å²) in [5, 5.41) is 3.00. The normalized spacial score (nSPS) is 12.5. The van der Waals surface area contributed by atoms with Crippen molar-refractivity contribution in [1.82, 2.24) is 5.32 Å². The van der Waals surface area contributed by atoms with E-state index in [-0.39, 0.29) is 10.6 Å². The van der Waals surface area contributed by atoms with E-state index >= 15 is 0 Å². The van der Waals surface area contributed by atoms with Gasteiger partial charge in [-0.3, -0.25) is 0 Å². The molecule has 0 fully saturated rings. The highest BCUT2D eigenvalue weighted by atomic mass is 35.5. The first-order valence-corrected chi connectivity index (χ1v) is 6.65. The molecule has 0 aliphatic heterocycles. The van der Waals surface area contributed by atoms with Gasteiger partial charge in [-0.05, 0) is 30.3 Å². The third kappa shape index (κ3) is 3.19. The van der Waals surface area contributed by atoms with E-state index in [4.69, 9.17) is 11.6 Å². The first kappa shape index (κ1) is 15.8. The Balaban J connectivity index is 2.56. The molecule has 0 saturated heterocycles. The summed E-state index contributed by atoms with van der Waals surface area (Å²) >= 11 is 5.96. The molecule has 0 aromatic heterocycles. The summed E-state index contributed by atoms with van der Waals surface area (Å²) in [5.41, 5.74) is 0.286. The molecule has 2 aromatic rings. The van der Waals surface area contributed by atoms with E-state index in [0.29, 0.717) is 12.1 Å². The Morgan fingerprint density at radius 2 is 1.67 bits per heavy atom. The van der Waals surface area contributed by atoms with Crippen molar-refractivity contribution in [3.8, 4) is 0 Å². The fraction of sp³-hybridized carbons (Fsp3) is 0.200. The topological polar surface area (TPSA) is 12.0 Å². The molecule has 0 amide bonds. The number of benzene rings is 2. The predicted octanol–water partition coefficient (Wildman–Crippen LogP) is 4.60. The monoisotopic (exact) mass is 317 g/mol. The van der Waals surface area contributed by atoms with Gasteiger partial charge in [0.25, 0.3) is 0 Å². The van der Waals surface area contributed by atoms with Crippen LogP contribution < -0.4 is 5.32 Å². The number of halogens is 5. The van der Waals surface area contributed by atoms with Crippen molar-refractivity contribution in [3.63, 3.8) is 0 Å². The lowest BCUT2D eigenvalue weighted by atomic mass is 9.97. The lowest BCUT2D eigenvalue weighted by molar-refractivity contribution is 0.433. The van der Waals surface area contributed by atoms with Gasteiger partial charge in [0.1, 0.15) is 5.82 Å². The van der Waals surface area contributed by atoms with E-state index in [9.17, 15) is 17.6 Å². The molecular formula is C15H12ClF4N. The average molecular weight is 318 g/mol. The molecule has 1 atom stereocenters. The molecule has 0 aliphatic carbocycles. The maximum atomic E-state index is 14.0. The quantitative estimate of drug-likeness (QED) is 0.642. The van der Waals surface area contributed by atoms with Crippen molar-refractivity contribution in [1.29, 1.82) is 0 Å². The summed E-state index contributed by atoms with van der Waals surface area (Å²) in [6.07, 6.45) is 0. The van der Waals surface area contributed by atoms with Crippen LogP contribution in [0.5, 0.6) is 0 Å². The zero-order valence-corrected chi connectivity index (χ0v) is 11.8. The molecule has 2 rings (SSSR count). The van der Waals surface area contributed by atoms with Gasteiger partial charge >= 0.3 is 0 Å². The molecule has 112 valence electrons. The van der Waals surface area contributed by atoms with Gasteiger partial charge in [0.05, 0.1) is 6.04 Å². The fourth-order valence-electron chi connectivity index (χ4n) is 2.09. The lowest BCUT2D eigenvalue weighted by Gasteiger charge is -2.21. The Labute approximate surface area is 124 Å². The molecule has 0 heterocycles. The zero-order chi connectivity index (χ0) is 15.6. The van der Waals surface area contributed by atoms with Crippen LogP contribution in [-0.2, 0) is 0 Å². The molecule has 0 spiro atoms. The molecule has 2 aromatic carbocycles. The minimum absolute atomic E-state index is 0.0742. The second-order valence-corrected chi connectivity index (χ2v) is 4.83. The van der Waals surface area contributed by atoms with E-state index in [0.717, 1.165) is 18.2 Å². The first-order valence-electron chi connectivity index (χ1n) is 6.27. The van der Waals surface area contributed by atoms with E-state index in [2.05, 4.69) is 5.32 Å². The summed E-state index contributed by atoms with van der Waals surface area (Å²) in [4.78, 5) is 0. The molecule has 0 radical (unpaired) electrons. The standard InChI is InChI=1S/C15H12ClF4N/c1-2-21-15(9-4-3-8(17)7-11(9)16)10-5-6-12(18)14(20)13(10)19/h3-7,15,21H,2H2,1H3. The van der Waals surface area contributed by atoms with Gasteiger partial charge in [0, 0.05) is 10.6 Å². The van der Waals surface area contributed by atoms with Gasteiger partial charge in [-0.25, -0.2) is 17.6 Å². The third-order valence-electron chi connectivity index (χ3n) is 3.06. The van der Waals surface area contributed by atoms with Gasteiger partial charge in [-0.1, -0.05) is 30.7 Å². The number of hydrogen-bond acceptors (Lipinski definition) is 1. The highest BCUT2D eigenvalue weighted by molar-refractivity contribution is 6.31. The highest BCUT2D eigenvalue weighted by Crippen LogP contribution is 2.31. The molecule has 6 heteroatoms. The molecule has 0 saturated carbocycles. The van der Waals surface area contributed by atoms with E-state index in [1.54, 1.807) is 6.92 Å². The van der Waals surface area contributed by atoms with Crippen molar-refractivity contribution in [2.75, 3.05) is 6.54 Å². The summed E-state index contributed by atoms with van der Waals surface area (Å²) in [7, 11) is 0. The van der Waals surface area contributed by atoms with Crippen molar-refractivity contribution < 1.29 is 17.6 Å². The van der Waals surface area contributed by atoms with Crippen LogP contribution in [0.2, 0.25) is 5.02 Å². The van der Waals surface area contributed by atoms with E-state index in [1.165, 1.54) is 12.1 Å². The van der Waals surface area contributed by atoms with Crippen molar-refractivity contribution in [2.45, 2.75) is 13.0 Å². The Kier molecular flexibility index (Phi) is 4.85. The number of nitrogens with one attached hydrogen (secondary N) is 1. The first-order chi connectivity index (χ1) is 9.95. The van der Waals surface area contributed by atoms with Crippen LogP contribution >= 0.6 is 11.6 Å². The molecule has 1 N–H and O–H groups in total. The van der Waals surface area contributed by atoms with Gasteiger partial charge in [-0.2, -0.15) is 0 Å².